The number of rotatable bonds is 5. The van der Waals surface area contributed by atoms with Crippen molar-refractivity contribution in [2.75, 3.05) is 16.8 Å². The molecule has 3 amide bonds. The topological polar surface area (TPSA) is 92.8 Å². The van der Waals surface area contributed by atoms with Crippen LogP contribution in [0.1, 0.15) is 35.2 Å². The highest BCUT2D eigenvalue weighted by Gasteiger charge is 2.61. The minimum absolute atomic E-state index is 0.0802. The zero-order chi connectivity index (χ0) is 24.9. The summed E-state index contributed by atoms with van der Waals surface area (Å²) in [5.41, 5.74) is -0.519. The molecule has 0 spiro atoms. The van der Waals surface area contributed by atoms with Gasteiger partial charge in [-0.15, -0.1) is 0 Å². The summed E-state index contributed by atoms with van der Waals surface area (Å²) in [6, 6.07) is 9.85. The molecule has 1 N–H and O–H groups in total. The second-order valence-electron chi connectivity index (χ2n) is 9.15. The van der Waals surface area contributed by atoms with Crippen LogP contribution in [0.3, 0.4) is 0 Å². The summed E-state index contributed by atoms with van der Waals surface area (Å²) in [6.07, 6.45) is -1.66. The van der Waals surface area contributed by atoms with E-state index in [0.717, 1.165) is 37.5 Å². The first-order valence-electron chi connectivity index (χ1n) is 11.3. The average molecular weight is 486 g/mol. The van der Waals surface area contributed by atoms with Crippen molar-refractivity contribution in [3.8, 4) is 0 Å². The number of hydrogen-bond acceptors (Lipinski definition) is 5. The molecule has 1 saturated heterocycles. The van der Waals surface area contributed by atoms with E-state index in [9.17, 15) is 32.3 Å². The molecule has 0 unspecified atom stereocenters. The van der Waals surface area contributed by atoms with E-state index in [2.05, 4.69) is 5.32 Å². The molecule has 2 saturated carbocycles. The molecule has 7 nitrogen and oxygen atoms in total. The Morgan fingerprint density at radius 1 is 0.971 bits per heavy atom. The standard InChI is InChI=1S/C25H21F3N2O5/c26-25(27,28)16-2-1-3-17(11-16)29-19(31)12-35-24(34)13-6-8-18(9-7-13)30-22(32)20-14-4-5-15(10-14)21(20)23(30)33/h1-3,6-9,11,14-15,20-21H,4-5,10,12H2,(H,29,31)/t14-,15-,20+,21+/m0/s1. The Labute approximate surface area is 198 Å². The van der Waals surface area contributed by atoms with Gasteiger partial charge in [0.25, 0.3) is 5.91 Å². The van der Waals surface area contributed by atoms with Gasteiger partial charge in [-0.2, -0.15) is 13.2 Å². The fourth-order valence-electron chi connectivity index (χ4n) is 5.59. The van der Waals surface area contributed by atoms with Gasteiger partial charge >= 0.3 is 12.1 Å². The molecule has 35 heavy (non-hydrogen) atoms. The van der Waals surface area contributed by atoms with E-state index in [-0.39, 0.29) is 46.7 Å². The number of nitrogens with one attached hydrogen (secondary N) is 1. The predicted molar refractivity (Wildman–Crippen MR) is 117 cm³/mol. The average Bonchev–Trinajstić information content (AvgIpc) is 3.51. The molecule has 2 aliphatic carbocycles. The quantitative estimate of drug-likeness (QED) is 0.509. The first kappa shape index (κ1) is 23.1. The molecule has 0 aromatic heterocycles. The van der Waals surface area contributed by atoms with Crippen LogP contribution in [0.15, 0.2) is 48.5 Å². The Kier molecular flexibility index (Phi) is 5.61. The van der Waals surface area contributed by atoms with E-state index in [0.29, 0.717) is 5.69 Å². The molecule has 2 aromatic rings. The van der Waals surface area contributed by atoms with Crippen molar-refractivity contribution in [1.82, 2.24) is 0 Å². The van der Waals surface area contributed by atoms with Crippen molar-refractivity contribution in [2.24, 2.45) is 23.7 Å². The summed E-state index contributed by atoms with van der Waals surface area (Å²) < 4.78 is 43.3. The monoisotopic (exact) mass is 486 g/mol. The predicted octanol–water partition coefficient (Wildman–Crippen LogP) is 4.04. The van der Waals surface area contributed by atoms with Gasteiger partial charge in [-0.3, -0.25) is 19.3 Å². The molecule has 10 heteroatoms. The molecular formula is C25H21F3N2O5. The maximum Gasteiger partial charge on any atom is 0.416 e. The second kappa shape index (κ2) is 8.51. The van der Waals surface area contributed by atoms with Gasteiger partial charge in [0.1, 0.15) is 0 Å². The number of esters is 1. The first-order chi connectivity index (χ1) is 16.6. The summed E-state index contributed by atoms with van der Waals surface area (Å²) in [6.45, 7) is -0.702. The molecule has 2 bridgehead atoms. The molecule has 1 heterocycles. The van der Waals surface area contributed by atoms with Gasteiger partial charge in [0.2, 0.25) is 11.8 Å². The van der Waals surface area contributed by atoms with Crippen LogP contribution in [-0.2, 0) is 25.3 Å². The Morgan fingerprint density at radius 3 is 2.20 bits per heavy atom. The number of amides is 3. The fourth-order valence-corrected chi connectivity index (χ4v) is 5.59. The van der Waals surface area contributed by atoms with Crippen LogP contribution in [0.5, 0.6) is 0 Å². The van der Waals surface area contributed by atoms with Gasteiger partial charge < -0.3 is 10.1 Å². The molecule has 2 aromatic carbocycles. The SMILES string of the molecule is O=C(COC(=O)c1ccc(N2C(=O)[C@@H]3[C@H]4CC[C@@H](C4)[C@H]3C2=O)cc1)Nc1cccc(C(F)(F)F)c1. The smallest absolute Gasteiger partial charge is 0.416 e. The van der Waals surface area contributed by atoms with Gasteiger partial charge in [-0.05, 0) is 73.6 Å². The molecule has 0 radical (unpaired) electrons. The van der Waals surface area contributed by atoms with Crippen molar-refractivity contribution in [3.05, 3.63) is 59.7 Å². The normalized spacial score (nSPS) is 25.1. The molecule has 182 valence electrons. The van der Waals surface area contributed by atoms with Crippen molar-refractivity contribution in [1.29, 1.82) is 0 Å². The zero-order valence-corrected chi connectivity index (χ0v) is 18.4. The van der Waals surface area contributed by atoms with Crippen LogP contribution in [0, 0.1) is 23.7 Å². The van der Waals surface area contributed by atoms with Crippen molar-refractivity contribution in [3.63, 3.8) is 0 Å². The maximum absolute atomic E-state index is 12.9. The summed E-state index contributed by atoms with van der Waals surface area (Å²) in [5, 5.41) is 2.25. The van der Waals surface area contributed by atoms with Gasteiger partial charge in [0.15, 0.2) is 6.61 Å². The number of hydrogen-bond donors (Lipinski definition) is 1. The van der Waals surface area contributed by atoms with E-state index in [1.54, 1.807) is 0 Å². The van der Waals surface area contributed by atoms with Crippen LogP contribution in [0.2, 0.25) is 0 Å². The number of nitrogens with zero attached hydrogens (tertiary/aromatic N) is 1. The van der Waals surface area contributed by atoms with E-state index in [4.69, 9.17) is 4.74 Å². The van der Waals surface area contributed by atoms with Crippen LogP contribution >= 0.6 is 0 Å². The highest BCUT2D eigenvalue weighted by Crippen LogP contribution is 2.56. The molecule has 3 fully saturated rings. The molecule has 4 atom stereocenters. The van der Waals surface area contributed by atoms with Gasteiger partial charge in [0.05, 0.1) is 28.7 Å². The lowest BCUT2D eigenvalue weighted by Crippen LogP contribution is -2.32. The van der Waals surface area contributed by atoms with Crippen molar-refractivity contribution < 1.29 is 37.1 Å². The van der Waals surface area contributed by atoms with E-state index in [1.165, 1.54) is 35.2 Å². The molecule has 3 aliphatic rings. The Bertz CT molecular complexity index is 1180. The molecule has 5 rings (SSSR count). The number of imide groups is 1. The third-order valence-electron chi connectivity index (χ3n) is 7.10. The van der Waals surface area contributed by atoms with E-state index >= 15 is 0 Å². The Balaban J connectivity index is 1.18. The number of anilines is 2. The van der Waals surface area contributed by atoms with E-state index in [1.807, 2.05) is 0 Å². The summed E-state index contributed by atoms with van der Waals surface area (Å²) in [4.78, 5) is 51.4. The number of benzene rings is 2. The van der Waals surface area contributed by atoms with Crippen molar-refractivity contribution in [2.45, 2.75) is 25.4 Å². The highest BCUT2D eigenvalue weighted by atomic mass is 19.4. The summed E-state index contributed by atoms with van der Waals surface area (Å²) in [7, 11) is 0. The number of alkyl halides is 3. The number of carbonyl (C=O) groups excluding carboxylic acids is 4. The second-order valence-corrected chi connectivity index (χ2v) is 9.15. The number of halogens is 3. The first-order valence-corrected chi connectivity index (χ1v) is 11.3. The fraction of sp³-hybridized carbons (Fsp3) is 0.360. The summed E-state index contributed by atoms with van der Waals surface area (Å²) >= 11 is 0. The van der Waals surface area contributed by atoms with Crippen LogP contribution in [0.4, 0.5) is 24.5 Å². The van der Waals surface area contributed by atoms with Crippen LogP contribution in [0.25, 0.3) is 0 Å². The zero-order valence-electron chi connectivity index (χ0n) is 18.4. The van der Waals surface area contributed by atoms with Crippen molar-refractivity contribution >= 4 is 35.1 Å². The number of fused-ring (bicyclic) bond motifs is 5. The number of ether oxygens (including phenoxy) is 1. The van der Waals surface area contributed by atoms with Gasteiger partial charge in [-0.25, -0.2) is 4.79 Å². The number of carbonyl (C=O) groups is 4. The van der Waals surface area contributed by atoms with Crippen LogP contribution < -0.4 is 10.2 Å². The maximum atomic E-state index is 12.9. The lowest BCUT2D eigenvalue weighted by molar-refractivity contribution is -0.137. The minimum Gasteiger partial charge on any atom is -0.452 e. The summed E-state index contributed by atoms with van der Waals surface area (Å²) in [5.74, 6) is -1.97. The third-order valence-corrected chi connectivity index (χ3v) is 7.10. The largest absolute Gasteiger partial charge is 0.452 e. The molecular weight excluding hydrogens is 465 g/mol. The van der Waals surface area contributed by atoms with Gasteiger partial charge in [0, 0.05) is 5.69 Å². The lowest BCUT2D eigenvalue weighted by atomic mass is 9.81. The lowest BCUT2D eigenvalue weighted by Gasteiger charge is -2.19. The minimum atomic E-state index is -4.55. The van der Waals surface area contributed by atoms with Gasteiger partial charge in [-0.1, -0.05) is 6.07 Å². The van der Waals surface area contributed by atoms with E-state index < -0.39 is 30.2 Å². The Hall–Kier alpha value is -3.69. The Morgan fingerprint density at radius 2 is 1.60 bits per heavy atom. The highest BCUT2D eigenvalue weighted by molar-refractivity contribution is 6.22. The van der Waals surface area contributed by atoms with Crippen LogP contribution in [-0.4, -0.2) is 30.3 Å². The third kappa shape index (κ3) is 4.17. The molecule has 1 aliphatic heterocycles.